The van der Waals surface area contributed by atoms with Crippen LogP contribution >= 0.6 is 0 Å². The van der Waals surface area contributed by atoms with Crippen LogP contribution < -0.4 is 10.1 Å². The fraction of sp³-hybridized carbons (Fsp3) is 0.333. The van der Waals surface area contributed by atoms with Gasteiger partial charge in [0.05, 0.1) is 17.6 Å². The first-order valence-electron chi connectivity index (χ1n) is 8.25. The van der Waals surface area contributed by atoms with E-state index >= 15 is 0 Å². The average Bonchev–Trinajstić information content (AvgIpc) is 2.63. The van der Waals surface area contributed by atoms with E-state index in [4.69, 9.17) is 4.74 Å². The molecule has 140 valence electrons. The van der Waals surface area contributed by atoms with Crippen molar-refractivity contribution in [2.24, 2.45) is 0 Å². The highest BCUT2D eigenvalue weighted by Crippen LogP contribution is 2.25. The second-order valence-corrected chi connectivity index (χ2v) is 7.56. The number of pyridine rings is 1. The van der Waals surface area contributed by atoms with Gasteiger partial charge in [-0.1, -0.05) is 19.9 Å². The summed E-state index contributed by atoms with van der Waals surface area (Å²) in [6.45, 7) is 6.12. The lowest BCUT2D eigenvalue weighted by Crippen LogP contribution is -2.30. The second-order valence-electron chi connectivity index (χ2n) is 5.63. The smallest absolute Gasteiger partial charge is 0.260 e. The molecule has 1 N–H and O–H groups in total. The van der Waals surface area contributed by atoms with Crippen LogP contribution in [0.5, 0.6) is 5.75 Å². The number of hydrogen-bond acceptors (Lipinski definition) is 5. The summed E-state index contributed by atoms with van der Waals surface area (Å²) in [4.78, 5) is 16.8. The largest absolute Gasteiger partial charge is 0.496 e. The number of amides is 1. The predicted molar refractivity (Wildman–Crippen MR) is 100 cm³/mol. The summed E-state index contributed by atoms with van der Waals surface area (Å²) in [5.74, 6) is 0.169. The van der Waals surface area contributed by atoms with Gasteiger partial charge in [-0.15, -0.1) is 0 Å². The summed E-state index contributed by atoms with van der Waals surface area (Å²) in [6, 6.07) is 7.74. The van der Waals surface area contributed by atoms with Gasteiger partial charge >= 0.3 is 0 Å². The maximum Gasteiger partial charge on any atom is 0.260 e. The normalized spacial score (nSPS) is 11.4. The molecule has 0 atom stereocenters. The van der Waals surface area contributed by atoms with Gasteiger partial charge in [0.2, 0.25) is 10.0 Å². The third-order valence-corrected chi connectivity index (χ3v) is 5.96. The zero-order chi connectivity index (χ0) is 19.3. The van der Waals surface area contributed by atoms with E-state index in [9.17, 15) is 13.2 Å². The van der Waals surface area contributed by atoms with Crippen LogP contribution in [-0.2, 0) is 10.0 Å². The minimum Gasteiger partial charge on any atom is -0.496 e. The number of anilines is 1. The summed E-state index contributed by atoms with van der Waals surface area (Å²) in [5.41, 5.74) is 1.09. The van der Waals surface area contributed by atoms with Crippen molar-refractivity contribution < 1.29 is 17.9 Å². The van der Waals surface area contributed by atoms with Gasteiger partial charge < -0.3 is 10.1 Å². The van der Waals surface area contributed by atoms with Crippen LogP contribution in [0.3, 0.4) is 0 Å². The molecule has 0 aliphatic carbocycles. The first-order chi connectivity index (χ1) is 12.3. The molecule has 2 rings (SSSR count). The molecule has 1 amide bonds. The molecule has 0 aliphatic heterocycles. The maximum atomic E-state index is 12.7. The number of aryl methyl sites for hydroxylation is 1. The number of sulfonamides is 1. The van der Waals surface area contributed by atoms with Crippen LogP contribution in [0.1, 0.15) is 29.8 Å². The Morgan fingerprint density at radius 1 is 1.19 bits per heavy atom. The van der Waals surface area contributed by atoms with Crippen LogP contribution in [-0.4, -0.2) is 43.8 Å². The summed E-state index contributed by atoms with van der Waals surface area (Å²) in [7, 11) is -2.25. The maximum absolute atomic E-state index is 12.7. The molecular weight excluding hydrogens is 354 g/mol. The van der Waals surface area contributed by atoms with Crippen molar-refractivity contribution in [2.75, 3.05) is 25.5 Å². The Morgan fingerprint density at radius 3 is 2.42 bits per heavy atom. The average molecular weight is 377 g/mol. The molecule has 0 fully saturated rings. The van der Waals surface area contributed by atoms with E-state index in [1.165, 1.54) is 29.6 Å². The molecule has 0 spiro atoms. The molecule has 2 aromatic rings. The van der Waals surface area contributed by atoms with Crippen LogP contribution in [0.4, 0.5) is 5.82 Å². The molecule has 26 heavy (non-hydrogen) atoms. The number of carbonyl (C=O) groups excluding carboxylic acids is 1. The van der Waals surface area contributed by atoms with Crippen molar-refractivity contribution in [1.82, 2.24) is 9.29 Å². The molecule has 7 nitrogen and oxygen atoms in total. The minimum absolute atomic E-state index is 0.0454. The number of hydrogen-bond donors (Lipinski definition) is 1. The summed E-state index contributed by atoms with van der Waals surface area (Å²) in [6.07, 6.45) is 1.63. The highest BCUT2D eigenvalue weighted by Gasteiger charge is 2.24. The SMILES string of the molecule is CCN(CC)S(=O)(=O)c1ccc(OC)c(C(=O)Nc2ccc(C)cn2)c1. The number of ether oxygens (including phenoxy) is 1. The van der Waals surface area contributed by atoms with Gasteiger partial charge in [-0.05, 0) is 36.8 Å². The first kappa shape index (κ1) is 19.9. The van der Waals surface area contributed by atoms with E-state index in [0.29, 0.717) is 18.9 Å². The van der Waals surface area contributed by atoms with Gasteiger partial charge in [0.15, 0.2) is 0 Å². The van der Waals surface area contributed by atoms with Gasteiger partial charge in [-0.3, -0.25) is 4.79 Å². The van der Waals surface area contributed by atoms with Crippen molar-refractivity contribution in [1.29, 1.82) is 0 Å². The van der Waals surface area contributed by atoms with E-state index < -0.39 is 15.9 Å². The summed E-state index contributed by atoms with van der Waals surface area (Å²) >= 11 is 0. The number of carbonyl (C=O) groups is 1. The van der Waals surface area contributed by atoms with E-state index in [0.717, 1.165) is 5.56 Å². The lowest BCUT2D eigenvalue weighted by molar-refractivity contribution is 0.102. The topological polar surface area (TPSA) is 88.6 Å². The van der Waals surface area contributed by atoms with E-state index in [1.54, 1.807) is 26.1 Å². The fourth-order valence-electron chi connectivity index (χ4n) is 2.46. The third-order valence-electron chi connectivity index (χ3n) is 3.91. The molecule has 0 radical (unpaired) electrons. The van der Waals surface area contributed by atoms with Crippen molar-refractivity contribution in [3.05, 3.63) is 47.7 Å². The Labute approximate surface area is 154 Å². The first-order valence-corrected chi connectivity index (χ1v) is 9.69. The molecule has 1 aromatic heterocycles. The highest BCUT2D eigenvalue weighted by atomic mass is 32.2. The van der Waals surface area contributed by atoms with Gasteiger partial charge in [0.1, 0.15) is 11.6 Å². The number of nitrogens with zero attached hydrogens (tertiary/aromatic N) is 2. The molecule has 1 aromatic carbocycles. The molecule has 8 heteroatoms. The summed E-state index contributed by atoms with van der Waals surface area (Å²) < 4.78 is 32.0. The second kappa shape index (κ2) is 8.29. The fourth-order valence-corrected chi connectivity index (χ4v) is 3.95. The van der Waals surface area contributed by atoms with Crippen molar-refractivity contribution in [2.45, 2.75) is 25.7 Å². The number of benzene rings is 1. The molecule has 1 heterocycles. The number of methoxy groups -OCH3 is 1. The number of nitrogens with one attached hydrogen (secondary N) is 1. The van der Waals surface area contributed by atoms with E-state index in [2.05, 4.69) is 10.3 Å². The van der Waals surface area contributed by atoms with Crippen molar-refractivity contribution in [3.63, 3.8) is 0 Å². The van der Waals surface area contributed by atoms with Crippen molar-refractivity contribution >= 4 is 21.7 Å². The van der Waals surface area contributed by atoms with Gasteiger partial charge in [0.25, 0.3) is 5.91 Å². The molecule has 0 saturated carbocycles. The van der Waals surface area contributed by atoms with Gasteiger partial charge in [-0.2, -0.15) is 4.31 Å². The Balaban J connectivity index is 2.40. The zero-order valence-corrected chi connectivity index (χ0v) is 16.1. The molecule has 0 aliphatic rings. The lowest BCUT2D eigenvalue weighted by atomic mass is 10.2. The van der Waals surface area contributed by atoms with Gasteiger partial charge in [0, 0.05) is 19.3 Å². The van der Waals surface area contributed by atoms with E-state index in [-0.39, 0.29) is 16.2 Å². The van der Waals surface area contributed by atoms with Crippen LogP contribution in [0.15, 0.2) is 41.4 Å². The Kier molecular flexibility index (Phi) is 6.33. The zero-order valence-electron chi connectivity index (χ0n) is 15.3. The standard InChI is InChI=1S/C18H23N3O4S/c1-5-21(6-2)26(23,24)14-8-9-16(25-4)15(11-14)18(22)20-17-10-7-13(3)12-19-17/h7-12H,5-6H2,1-4H3,(H,19,20,22). The van der Waals surface area contributed by atoms with Crippen LogP contribution in [0, 0.1) is 6.92 Å². The lowest BCUT2D eigenvalue weighted by Gasteiger charge is -2.19. The molecule has 0 unspecified atom stereocenters. The predicted octanol–water partition coefficient (Wildman–Crippen LogP) is 2.68. The summed E-state index contributed by atoms with van der Waals surface area (Å²) in [5, 5.41) is 2.66. The number of rotatable bonds is 7. The van der Waals surface area contributed by atoms with Gasteiger partial charge in [-0.25, -0.2) is 13.4 Å². The monoisotopic (exact) mass is 377 g/mol. The Bertz CT molecular complexity index is 876. The van der Waals surface area contributed by atoms with Crippen LogP contribution in [0.25, 0.3) is 0 Å². The molecular formula is C18H23N3O4S. The Hall–Kier alpha value is -2.45. The molecule has 0 bridgehead atoms. The van der Waals surface area contributed by atoms with Crippen molar-refractivity contribution in [3.8, 4) is 5.75 Å². The molecule has 0 saturated heterocycles. The van der Waals surface area contributed by atoms with E-state index in [1.807, 2.05) is 13.0 Å². The third kappa shape index (κ3) is 4.20. The number of aromatic nitrogens is 1. The Morgan fingerprint density at radius 2 is 1.88 bits per heavy atom. The highest BCUT2D eigenvalue weighted by molar-refractivity contribution is 7.89. The minimum atomic E-state index is -3.68. The quantitative estimate of drug-likeness (QED) is 0.801. The van der Waals surface area contributed by atoms with Crippen LogP contribution in [0.2, 0.25) is 0 Å².